The smallest absolute Gasteiger partial charge is 0.0593 e. The molecule has 1 rings (SSSR count). The fraction of sp³-hybridized carbons (Fsp3) is 0.571. The highest BCUT2D eigenvalue weighted by molar-refractivity contribution is 4.95. The maximum absolute atomic E-state index is 4.23. The van der Waals surface area contributed by atoms with Crippen LogP contribution in [0.3, 0.4) is 0 Å². The first-order valence-electron chi connectivity index (χ1n) is 3.22. The van der Waals surface area contributed by atoms with E-state index in [-0.39, 0.29) is 1.43 Å². The van der Waals surface area contributed by atoms with Crippen molar-refractivity contribution in [2.24, 2.45) is 0 Å². The Morgan fingerprint density at radius 3 is 2.56 bits per heavy atom. The molecular weight excluding hydrogens is 112 g/mol. The van der Waals surface area contributed by atoms with Crippen LogP contribution in [-0.4, -0.2) is 9.78 Å². The highest BCUT2D eigenvalue weighted by atomic mass is 15.3. The van der Waals surface area contributed by atoms with Crippen molar-refractivity contribution in [3.63, 3.8) is 0 Å². The first-order valence-corrected chi connectivity index (χ1v) is 3.22. The zero-order chi connectivity index (χ0) is 6.85. The average Bonchev–Trinajstić information content (AvgIpc) is 2.14. The van der Waals surface area contributed by atoms with E-state index in [0.29, 0.717) is 6.04 Å². The second-order valence-electron chi connectivity index (χ2n) is 2.53. The molecule has 52 valence electrons. The SMILES string of the molecule is Cc1ccn(C(C)C)n1.[2HH]. The lowest BCUT2D eigenvalue weighted by atomic mass is 10.4. The summed E-state index contributed by atoms with van der Waals surface area (Å²) in [5.74, 6) is 0. The molecule has 0 aliphatic heterocycles. The molecule has 0 saturated carbocycles. The number of rotatable bonds is 1. The Balaban J connectivity index is 0.000000810. The second kappa shape index (κ2) is 2.21. The summed E-state index contributed by atoms with van der Waals surface area (Å²) in [7, 11) is 0. The summed E-state index contributed by atoms with van der Waals surface area (Å²) in [6, 6.07) is 2.50. The molecule has 1 aromatic rings. The minimum atomic E-state index is 0. The Morgan fingerprint density at radius 2 is 2.33 bits per heavy atom. The van der Waals surface area contributed by atoms with Crippen LogP contribution in [0.4, 0.5) is 0 Å². The Kier molecular flexibility index (Phi) is 1.56. The molecule has 0 unspecified atom stereocenters. The third kappa shape index (κ3) is 1.31. The molecule has 0 aromatic carbocycles. The number of aromatic nitrogens is 2. The molecule has 0 amide bonds. The van der Waals surface area contributed by atoms with Crippen LogP contribution < -0.4 is 0 Å². The van der Waals surface area contributed by atoms with Gasteiger partial charge in [0.1, 0.15) is 0 Å². The van der Waals surface area contributed by atoms with Gasteiger partial charge in [-0.15, -0.1) is 0 Å². The average molecular weight is 127 g/mol. The van der Waals surface area contributed by atoms with Crippen molar-refractivity contribution < 1.29 is 1.43 Å². The zero-order valence-electron chi connectivity index (χ0n) is 6.13. The van der Waals surface area contributed by atoms with E-state index in [1.54, 1.807) is 0 Å². The summed E-state index contributed by atoms with van der Waals surface area (Å²) in [5, 5.41) is 4.23. The third-order valence-corrected chi connectivity index (χ3v) is 1.27. The number of hydrogen-bond acceptors (Lipinski definition) is 1. The Morgan fingerprint density at radius 1 is 1.67 bits per heavy atom. The molecule has 9 heavy (non-hydrogen) atoms. The molecule has 0 fully saturated rings. The monoisotopic (exact) mass is 127 g/mol. The maximum Gasteiger partial charge on any atom is 0.0593 e. The van der Waals surface area contributed by atoms with Crippen molar-refractivity contribution in [2.45, 2.75) is 26.8 Å². The summed E-state index contributed by atoms with van der Waals surface area (Å²) in [5.41, 5.74) is 1.09. The van der Waals surface area contributed by atoms with Crippen molar-refractivity contribution in [2.75, 3.05) is 0 Å². The van der Waals surface area contributed by atoms with Gasteiger partial charge in [-0.05, 0) is 26.8 Å². The van der Waals surface area contributed by atoms with E-state index in [9.17, 15) is 0 Å². The fourth-order valence-corrected chi connectivity index (χ4v) is 0.721. The molecule has 1 heterocycles. The van der Waals surface area contributed by atoms with Crippen LogP contribution >= 0.6 is 0 Å². The van der Waals surface area contributed by atoms with Gasteiger partial charge in [0.05, 0.1) is 5.69 Å². The second-order valence-corrected chi connectivity index (χ2v) is 2.53. The van der Waals surface area contributed by atoms with Crippen LogP contribution in [0.5, 0.6) is 0 Å². The van der Waals surface area contributed by atoms with Crippen LogP contribution in [0.1, 0.15) is 27.0 Å². The third-order valence-electron chi connectivity index (χ3n) is 1.27. The van der Waals surface area contributed by atoms with Crippen LogP contribution in [0.15, 0.2) is 12.3 Å². The van der Waals surface area contributed by atoms with E-state index in [2.05, 4.69) is 18.9 Å². The van der Waals surface area contributed by atoms with Crippen LogP contribution in [-0.2, 0) is 0 Å². The predicted molar refractivity (Wildman–Crippen MR) is 39.5 cm³/mol. The standard InChI is InChI=1S/C7H12N2.H2/c1-6(2)9-5-4-7(3)8-9;/h4-6H,1-3H3;1H/i;1+1. The highest BCUT2D eigenvalue weighted by Gasteiger charge is 1.95. The molecule has 0 N–H and O–H groups in total. The van der Waals surface area contributed by atoms with E-state index >= 15 is 0 Å². The molecule has 0 saturated heterocycles. The van der Waals surface area contributed by atoms with Gasteiger partial charge in [0, 0.05) is 13.7 Å². The van der Waals surface area contributed by atoms with E-state index in [1.165, 1.54) is 0 Å². The van der Waals surface area contributed by atoms with Gasteiger partial charge < -0.3 is 0 Å². The zero-order valence-corrected chi connectivity index (χ0v) is 6.13. The molecule has 0 atom stereocenters. The van der Waals surface area contributed by atoms with Crippen molar-refractivity contribution in [3.05, 3.63) is 18.0 Å². The Bertz CT molecular complexity index is 193. The van der Waals surface area contributed by atoms with Gasteiger partial charge in [-0.2, -0.15) is 5.10 Å². The number of aryl methyl sites for hydroxylation is 1. The van der Waals surface area contributed by atoms with E-state index in [1.807, 2.05) is 23.9 Å². The van der Waals surface area contributed by atoms with E-state index in [0.717, 1.165) is 5.69 Å². The summed E-state index contributed by atoms with van der Waals surface area (Å²) >= 11 is 0. The van der Waals surface area contributed by atoms with Gasteiger partial charge >= 0.3 is 0 Å². The maximum atomic E-state index is 4.23. The van der Waals surface area contributed by atoms with Gasteiger partial charge in [-0.3, -0.25) is 4.68 Å². The lowest BCUT2D eigenvalue weighted by molar-refractivity contribution is 0.529. The lowest BCUT2D eigenvalue weighted by Gasteiger charge is -2.02. The number of nitrogens with zero attached hydrogens (tertiary/aromatic N) is 2. The van der Waals surface area contributed by atoms with Gasteiger partial charge in [0.25, 0.3) is 0 Å². The molecule has 0 spiro atoms. The van der Waals surface area contributed by atoms with Crippen molar-refractivity contribution >= 4 is 0 Å². The van der Waals surface area contributed by atoms with Gasteiger partial charge in [-0.1, -0.05) is 0 Å². The van der Waals surface area contributed by atoms with Gasteiger partial charge in [0.2, 0.25) is 0 Å². The van der Waals surface area contributed by atoms with Crippen LogP contribution in [0.25, 0.3) is 0 Å². The van der Waals surface area contributed by atoms with Gasteiger partial charge in [0.15, 0.2) is 0 Å². The van der Waals surface area contributed by atoms with Crippen LogP contribution in [0, 0.1) is 6.92 Å². The van der Waals surface area contributed by atoms with Crippen LogP contribution in [0.2, 0.25) is 0 Å². The topological polar surface area (TPSA) is 17.8 Å². The summed E-state index contributed by atoms with van der Waals surface area (Å²) in [4.78, 5) is 0. The minimum Gasteiger partial charge on any atom is -0.270 e. The fourth-order valence-electron chi connectivity index (χ4n) is 0.721. The van der Waals surface area contributed by atoms with Gasteiger partial charge in [-0.25, -0.2) is 0 Å². The molecule has 0 aliphatic rings. The highest BCUT2D eigenvalue weighted by Crippen LogP contribution is 2.01. The summed E-state index contributed by atoms with van der Waals surface area (Å²) in [6.45, 7) is 6.23. The number of hydrogen-bond donors (Lipinski definition) is 0. The predicted octanol–water partition coefficient (Wildman–Crippen LogP) is 2.02. The Hall–Kier alpha value is -0.790. The first-order chi connectivity index (χ1) is 4.20. The van der Waals surface area contributed by atoms with Crippen molar-refractivity contribution in [1.82, 2.24) is 9.78 Å². The molecule has 1 aromatic heterocycles. The molecule has 0 radical (unpaired) electrons. The van der Waals surface area contributed by atoms with E-state index < -0.39 is 0 Å². The molecule has 0 bridgehead atoms. The normalized spacial score (nSPS) is 10.7. The molecule has 2 nitrogen and oxygen atoms in total. The van der Waals surface area contributed by atoms with Crippen molar-refractivity contribution in [3.8, 4) is 0 Å². The largest absolute Gasteiger partial charge is 0.270 e. The summed E-state index contributed by atoms with van der Waals surface area (Å²) < 4.78 is 1.95. The molecular formula is C7H14N2. The first kappa shape index (κ1) is 6.33. The Labute approximate surface area is 57.0 Å². The minimum absolute atomic E-state index is 0. The molecule has 2 heteroatoms. The lowest BCUT2D eigenvalue weighted by Crippen LogP contribution is -2.00. The van der Waals surface area contributed by atoms with Crippen molar-refractivity contribution in [1.29, 1.82) is 0 Å². The summed E-state index contributed by atoms with van der Waals surface area (Å²) in [6.07, 6.45) is 2.00. The molecule has 0 aliphatic carbocycles. The quantitative estimate of drug-likeness (QED) is 0.564. The van der Waals surface area contributed by atoms with E-state index in [4.69, 9.17) is 0 Å².